The van der Waals surface area contributed by atoms with Crippen LogP contribution in [0, 0.1) is 0 Å². The Kier molecular flexibility index (Phi) is 1.71. The fraction of sp³-hybridized carbons (Fsp3) is 0. The Balaban J connectivity index is 2.45. The first kappa shape index (κ1) is 7.17. The molecule has 5 nitrogen and oxygen atoms in total. The summed E-state index contributed by atoms with van der Waals surface area (Å²) in [7, 11) is 0. The third-order valence-corrected chi connectivity index (χ3v) is 1.32. The van der Waals surface area contributed by atoms with E-state index in [1.54, 1.807) is 18.5 Å². The van der Waals surface area contributed by atoms with Crippen LogP contribution in [0.25, 0.3) is 11.6 Å². The molecule has 2 aromatic rings. The first-order chi connectivity index (χ1) is 5.86. The van der Waals surface area contributed by atoms with E-state index in [0.29, 0.717) is 11.6 Å². The summed E-state index contributed by atoms with van der Waals surface area (Å²) in [4.78, 5) is 11.6. The summed E-state index contributed by atoms with van der Waals surface area (Å²) in [6.45, 7) is 0. The van der Waals surface area contributed by atoms with Crippen LogP contribution in [0.3, 0.4) is 0 Å². The molecule has 0 aromatic carbocycles. The molecule has 0 radical (unpaired) electrons. The maximum Gasteiger partial charge on any atom is 0.320 e. The Morgan fingerprint density at radius 2 is 1.92 bits per heavy atom. The van der Waals surface area contributed by atoms with E-state index in [2.05, 4.69) is 24.6 Å². The van der Waals surface area contributed by atoms with Crippen LogP contribution in [0.4, 0.5) is 0 Å². The highest BCUT2D eigenvalue weighted by molar-refractivity contribution is 6.27. The van der Waals surface area contributed by atoms with E-state index < -0.39 is 0 Å². The van der Waals surface area contributed by atoms with Gasteiger partial charge < -0.3 is 4.52 Å². The molecule has 0 spiro atoms. The van der Waals surface area contributed by atoms with Crippen LogP contribution in [-0.2, 0) is 0 Å². The van der Waals surface area contributed by atoms with E-state index in [1.807, 2.05) is 0 Å². The van der Waals surface area contributed by atoms with Crippen molar-refractivity contribution in [1.82, 2.24) is 20.1 Å². The van der Waals surface area contributed by atoms with E-state index in [9.17, 15) is 0 Å². The van der Waals surface area contributed by atoms with Gasteiger partial charge in [0, 0.05) is 12.4 Å². The topological polar surface area (TPSA) is 64.7 Å². The van der Waals surface area contributed by atoms with Crippen molar-refractivity contribution in [3.8, 4) is 11.6 Å². The van der Waals surface area contributed by atoms with Gasteiger partial charge in [-0.15, -0.1) is 0 Å². The van der Waals surface area contributed by atoms with Gasteiger partial charge in [0.05, 0.1) is 0 Å². The summed E-state index contributed by atoms with van der Waals surface area (Å²) in [5, 5.41) is 3.53. The highest BCUT2D eigenvalue weighted by atomic mass is 35.5. The molecule has 2 rings (SSSR count). The molecule has 0 aliphatic rings. The van der Waals surface area contributed by atoms with Crippen molar-refractivity contribution >= 4 is 11.6 Å². The molecular formula is C6H3ClN4O. The largest absolute Gasteiger partial charge is 0.321 e. The van der Waals surface area contributed by atoms with Gasteiger partial charge in [0.25, 0.3) is 0 Å². The van der Waals surface area contributed by atoms with E-state index in [0.717, 1.165) is 0 Å². The van der Waals surface area contributed by atoms with Crippen molar-refractivity contribution in [2.24, 2.45) is 0 Å². The average molecular weight is 183 g/mol. The van der Waals surface area contributed by atoms with Crippen molar-refractivity contribution in [2.45, 2.75) is 0 Å². The number of rotatable bonds is 1. The minimum Gasteiger partial charge on any atom is -0.321 e. The van der Waals surface area contributed by atoms with Gasteiger partial charge in [-0.05, 0) is 17.7 Å². The Bertz CT molecular complexity index is 374. The fourth-order valence-electron chi connectivity index (χ4n) is 0.710. The van der Waals surface area contributed by atoms with Crippen molar-refractivity contribution < 1.29 is 4.52 Å². The molecule has 0 aliphatic carbocycles. The predicted molar refractivity (Wildman–Crippen MR) is 40.3 cm³/mol. The molecule has 0 fully saturated rings. The smallest absolute Gasteiger partial charge is 0.320 e. The zero-order chi connectivity index (χ0) is 8.39. The first-order valence-corrected chi connectivity index (χ1v) is 3.50. The van der Waals surface area contributed by atoms with E-state index in [1.165, 1.54) is 0 Å². The molecule has 0 saturated heterocycles. The number of halogens is 1. The van der Waals surface area contributed by atoms with Gasteiger partial charge >= 0.3 is 5.35 Å². The van der Waals surface area contributed by atoms with Gasteiger partial charge in [-0.3, -0.25) is 0 Å². The lowest BCUT2D eigenvalue weighted by Crippen LogP contribution is -1.87. The zero-order valence-electron chi connectivity index (χ0n) is 5.81. The van der Waals surface area contributed by atoms with E-state index in [-0.39, 0.29) is 5.35 Å². The third kappa shape index (κ3) is 1.26. The lowest BCUT2D eigenvalue weighted by atomic mass is 10.5. The van der Waals surface area contributed by atoms with Gasteiger partial charge in [-0.25, -0.2) is 9.97 Å². The first-order valence-electron chi connectivity index (χ1n) is 3.13. The summed E-state index contributed by atoms with van der Waals surface area (Å²) in [6, 6.07) is 1.70. The van der Waals surface area contributed by atoms with Gasteiger partial charge in [0.15, 0.2) is 0 Å². The molecule has 0 N–H and O–H groups in total. The number of aromatic nitrogens is 4. The molecule has 2 aromatic heterocycles. The highest BCUT2D eigenvalue weighted by Crippen LogP contribution is 2.11. The van der Waals surface area contributed by atoms with Crippen molar-refractivity contribution in [3.05, 3.63) is 23.8 Å². The molecule has 60 valence electrons. The Labute approximate surface area is 72.4 Å². The lowest BCUT2D eigenvalue weighted by molar-refractivity contribution is 0.420. The molecule has 0 saturated carbocycles. The van der Waals surface area contributed by atoms with Gasteiger partial charge in [-0.1, -0.05) is 5.16 Å². The van der Waals surface area contributed by atoms with Gasteiger partial charge in [-0.2, -0.15) is 4.98 Å². The molecule has 0 bridgehead atoms. The normalized spacial score (nSPS) is 10.1. The van der Waals surface area contributed by atoms with Gasteiger partial charge in [0.1, 0.15) is 0 Å². The van der Waals surface area contributed by atoms with E-state index in [4.69, 9.17) is 11.6 Å². The number of hydrogen-bond acceptors (Lipinski definition) is 5. The summed E-state index contributed by atoms with van der Waals surface area (Å²) < 4.78 is 4.54. The van der Waals surface area contributed by atoms with Crippen molar-refractivity contribution in [1.29, 1.82) is 0 Å². The molecule has 6 heteroatoms. The van der Waals surface area contributed by atoms with E-state index >= 15 is 0 Å². The number of nitrogens with zero attached hydrogens (tertiary/aromatic N) is 4. The maximum atomic E-state index is 5.41. The molecule has 0 atom stereocenters. The monoisotopic (exact) mass is 182 g/mol. The molecule has 12 heavy (non-hydrogen) atoms. The summed E-state index contributed by atoms with van der Waals surface area (Å²) in [5.41, 5.74) is 0. The van der Waals surface area contributed by atoms with Crippen LogP contribution in [-0.4, -0.2) is 20.1 Å². The second-order valence-corrected chi connectivity index (χ2v) is 2.27. The molecule has 0 aliphatic heterocycles. The highest BCUT2D eigenvalue weighted by Gasteiger charge is 2.07. The lowest BCUT2D eigenvalue weighted by Gasteiger charge is -1.87. The van der Waals surface area contributed by atoms with Crippen LogP contribution >= 0.6 is 11.6 Å². The number of hydrogen-bond donors (Lipinski definition) is 0. The van der Waals surface area contributed by atoms with Crippen molar-refractivity contribution in [3.63, 3.8) is 0 Å². The fourth-order valence-corrected chi connectivity index (χ4v) is 0.825. The minimum absolute atomic E-state index is 0.0162. The quantitative estimate of drug-likeness (QED) is 0.663. The van der Waals surface area contributed by atoms with Crippen LogP contribution in [0.2, 0.25) is 5.35 Å². The third-order valence-electron chi connectivity index (χ3n) is 1.17. The van der Waals surface area contributed by atoms with Crippen molar-refractivity contribution in [2.75, 3.05) is 0 Å². The van der Waals surface area contributed by atoms with Gasteiger partial charge in [0.2, 0.25) is 11.6 Å². The molecular weight excluding hydrogens is 180 g/mol. The molecule has 2 heterocycles. The SMILES string of the molecule is Clc1nc(-c2ncccn2)no1. The Morgan fingerprint density at radius 1 is 1.17 bits per heavy atom. The predicted octanol–water partition coefficient (Wildman–Crippen LogP) is 1.18. The van der Waals surface area contributed by atoms with Crippen LogP contribution in [0.5, 0.6) is 0 Å². The second-order valence-electron chi connectivity index (χ2n) is 1.94. The van der Waals surface area contributed by atoms with Crippen LogP contribution < -0.4 is 0 Å². The zero-order valence-corrected chi connectivity index (χ0v) is 6.56. The Morgan fingerprint density at radius 3 is 2.50 bits per heavy atom. The van der Waals surface area contributed by atoms with Crippen LogP contribution in [0.15, 0.2) is 23.0 Å². The molecule has 0 unspecified atom stereocenters. The second kappa shape index (κ2) is 2.86. The Hall–Kier alpha value is -1.49. The van der Waals surface area contributed by atoms with Crippen LogP contribution in [0.1, 0.15) is 0 Å². The standard InChI is InChI=1S/C6H3ClN4O/c7-6-10-5(11-12-6)4-8-2-1-3-9-4/h1-3H. The average Bonchev–Trinajstić information content (AvgIpc) is 2.54. The molecule has 0 amide bonds. The summed E-state index contributed by atoms with van der Waals surface area (Å²) in [5.74, 6) is 0.689. The summed E-state index contributed by atoms with van der Waals surface area (Å²) in [6.07, 6.45) is 3.18. The summed E-state index contributed by atoms with van der Waals surface area (Å²) >= 11 is 5.41. The maximum absolute atomic E-state index is 5.41. The minimum atomic E-state index is -0.0162.